The quantitative estimate of drug-likeness (QED) is 0.488. The van der Waals surface area contributed by atoms with Crippen molar-refractivity contribution in [3.05, 3.63) is 44.1 Å². The van der Waals surface area contributed by atoms with Gasteiger partial charge in [0.15, 0.2) is 5.13 Å². The van der Waals surface area contributed by atoms with Gasteiger partial charge in [0.2, 0.25) is 0 Å². The molecule has 0 unspecified atom stereocenters. The van der Waals surface area contributed by atoms with Crippen LogP contribution < -0.4 is 4.90 Å². The van der Waals surface area contributed by atoms with Crippen molar-refractivity contribution >= 4 is 67.1 Å². The van der Waals surface area contributed by atoms with E-state index in [2.05, 4.69) is 4.90 Å². The molecule has 1 saturated heterocycles. The number of benzene rings is 1. The molecule has 0 saturated carbocycles. The number of thiophene rings is 1. The molecular formula is C20H21Cl2N3O2S2. The first-order chi connectivity index (χ1) is 14.0. The molecule has 154 valence electrons. The van der Waals surface area contributed by atoms with Gasteiger partial charge in [0, 0.05) is 26.2 Å². The number of amides is 1. The van der Waals surface area contributed by atoms with E-state index >= 15 is 0 Å². The Hall–Kier alpha value is -1.22. The van der Waals surface area contributed by atoms with Gasteiger partial charge in [0.25, 0.3) is 5.91 Å². The number of nitrogens with zero attached hydrogens (tertiary/aromatic N) is 3. The molecule has 0 aliphatic carbocycles. The first-order valence-electron chi connectivity index (χ1n) is 9.46. The highest BCUT2D eigenvalue weighted by atomic mass is 35.5. The molecule has 1 aliphatic heterocycles. The number of carbonyl (C=O) groups excluding carboxylic acids is 1. The van der Waals surface area contributed by atoms with Gasteiger partial charge in [-0.05, 0) is 31.0 Å². The molecule has 4 rings (SSSR count). The maximum Gasteiger partial charge on any atom is 0.262 e. The van der Waals surface area contributed by atoms with Crippen LogP contribution in [0.1, 0.15) is 22.3 Å². The highest BCUT2D eigenvalue weighted by Gasteiger charge is 2.25. The average Bonchev–Trinajstić information content (AvgIpc) is 3.29. The number of aryl methyl sites for hydroxylation is 1. The maximum atomic E-state index is 13.3. The summed E-state index contributed by atoms with van der Waals surface area (Å²) in [5, 5.41) is 0.694. The predicted octanol–water partition coefficient (Wildman–Crippen LogP) is 5.34. The number of carbonyl (C=O) groups is 1. The molecule has 1 aliphatic rings. The number of halogens is 2. The lowest BCUT2D eigenvalue weighted by atomic mass is 10.2. The van der Waals surface area contributed by atoms with E-state index in [1.54, 1.807) is 11.0 Å². The Bertz CT molecular complexity index is 1010. The fourth-order valence-corrected chi connectivity index (χ4v) is 5.90. The van der Waals surface area contributed by atoms with Gasteiger partial charge in [-0.15, -0.1) is 11.3 Å². The highest BCUT2D eigenvalue weighted by molar-refractivity contribution is 7.22. The molecule has 0 atom stereocenters. The number of hydrogen-bond acceptors (Lipinski definition) is 6. The number of aromatic nitrogens is 1. The van der Waals surface area contributed by atoms with Gasteiger partial charge in [-0.3, -0.25) is 14.6 Å². The first-order valence-corrected chi connectivity index (χ1v) is 11.8. The molecule has 29 heavy (non-hydrogen) atoms. The van der Waals surface area contributed by atoms with E-state index in [0.29, 0.717) is 25.9 Å². The van der Waals surface area contributed by atoms with Crippen molar-refractivity contribution in [1.82, 2.24) is 9.88 Å². The average molecular weight is 470 g/mol. The third-order valence-corrected chi connectivity index (χ3v) is 7.46. The second-order valence-corrected chi connectivity index (χ2v) is 10.2. The molecule has 0 spiro atoms. The molecule has 0 bridgehead atoms. The zero-order valence-electron chi connectivity index (χ0n) is 16.0. The summed E-state index contributed by atoms with van der Waals surface area (Å²) in [7, 11) is 0. The van der Waals surface area contributed by atoms with Crippen molar-refractivity contribution in [2.24, 2.45) is 0 Å². The largest absolute Gasteiger partial charge is 0.379 e. The number of ether oxygens (including phenoxy) is 1. The second-order valence-electron chi connectivity index (χ2n) is 6.92. The van der Waals surface area contributed by atoms with Crippen LogP contribution in [0.15, 0.2) is 24.3 Å². The second kappa shape index (κ2) is 9.29. The lowest BCUT2D eigenvalue weighted by molar-refractivity contribution is 0.0376. The number of anilines is 1. The summed E-state index contributed by atoms with van der Waals surface area (Å²) in [6.45, 7) is 6.91. The van der Waals surface area contributed by atoms with E-state index in [-0.39, 0.29) is 5.91 Å². The maximum absolute atomic E-state index is 13.3. The summed E-state index contributed by atoms with van der Waals surface area (Å²) < 4.78 is 7.40. The Morgan fingerprint density at radius 2 is 2.07 bits per heavy atom. The van der Waals surface area contributed by atoms with Crippen molar-refractivity contribution in [3.8, 4) is 0 Å². The van der Waals surface area contributed by atoms with Crippen molar-refractivity contribution < 1.29 is 9.53 Å². The van der Waals surface area contributed by atoms with Gasteiger partial charge in [-0.25, -0.2) is 4.98 Å². The lowest BCUT2D eigenvalue weighted by Gasteiger charge is -2.27. The van der Waals surface area contributed by atoms with E-state index in [4.69, 9.17) is 32.9 Å². The molecular weight excluding hydrogens is 449 g/mol. The van der Waals surface area contributed by atoms with Crippen LogP contribution >= 0.6 is 45.9 Å². The summed E-state index contributed by atoms with van der Waals surface area (Å²) in [5.74, 6) is -0.156. The Morgan fingerprint density at radius 3 is 2.76 bits per heavy atom. The Labute approximate surface area is 187 Å². The van der Waals surface area contributed by atoms with Crippen LogP contribution in [0.3, 0.4) is 0 Å². The topological polar surface area (TPSA) is 45.7 Å². The minimum Gasteiger partial charge on any atom is -0.379 e. The summed E-state index contributed by atoms with van der Waals surface area (Å²) in [4.78, 5) is 22.2. The lowest BCUT2D eigenvalue weighted by Crippen LogP contribution is -2.39. The van der Waals surface area contributed by atoms with Gasteiger partial charge in [-0.1, -0.05) is 46.7 Å². The number of para-hydroxylation sites is 1. The van der Waals surface area contributed by atoms with Crippen molar-refractivity contribution in [3.63, 3.8) is 0 Å². The van der Waals surface area contributed by atoms with E-state index in [9.17, 15) is 4.79 Å². The molecule has 1 fully saturated rings. The Balaban J connectivity index is 1.59. The van der Waals surface area contributed by atoms with Crippen LogP contribution in [0.4, 0.5) is 5.13 Å². The van der Waals surface area contributed by atoms with Gasteiger partial charge in [-0.2, -0.15) is 0 Å². The fourth-order valence-electron chi connectivity index (χ4n) is 3.38. The van der Waals surface area contributed by atoms with Crippen molar-refractivity contribution in [2.45, 2.75) is 13.3 Å². The fraction of sp³-hybridized carbons (Fsp3) is 0.400. The number of morpholine rings is 1. The van der Waals surface area contributed by atoms with E-state index < -0.39 is 0 Å². The van der Waals surface area contributed by atoms with Crippen LogP contribution in [0, 0.1) is 6.92 Å². The Morgan fingerprint density at radius 1 is 1.28 bits per heavy atom. The van der Waals surface area contributed by atoms with Gasteiger partial charge in [0.05, 0.1) is 33.3 Å². The van der Waals surface area contributed by atoms with Crippen LogP contribution in [0.5, 0.6) is 0 Å². The number of thiazole rings is 1. The van der Waals surface area contributed by atoms with E-state index in [1.165, 1.54) is 22.7 Å². The van der Waals surface area contributed by atoms with E-state index in [0.717, 1.165) is 55.0 Å². The molecule has 3 aromatic rings. The monoisotopic (exact) mass is 469 g/mol. The smallest absolute Gasteiger partial charge is 0.262 e. The molecule has 5 nitrogen and oxygen atoms in total. The van der Waals surface area contributed by atoms with Gasteiger partial charge < -0.3 is 4.74 Å². The third-order valence-electron chi connectivity index (χ3n) is 4.93. The molecule has 0 radical (unpaired) electrons. The zero-order chi connectivity index (χ0) is 20.4. The van der Waals surface area contributed by atoms with Crippen LogP contribution in [0.2, 0.25) is 8.67 Å². The summed E-state index contributed by atoms with van der Waals surface area (Å²) in [6.07, 6.45) is 0.843. The van der Waals surface area contributed by atoms with Crippen molar-refractivity contribution in [2.75, 3.05) is 44.3 Å². The molecule has 3 heterocycles. The molecule has 1 aromatic carbocycles. The minimum absolute atomic E-state index is 0.156. The van der Waals surface area contributed by atoms with Crippen LogP contribution in [-0.2, 0) is 4.74 Å². The van der Waals surface area contributed by atoms with Crippen LogP contribution in [-0.4, -0.2) is 55.2 Å². The molecule has 0 N–H and O–H groups in total. The molecule has 2 aromatic heterocycles. The normalized spacial score (nSPS) is 15.1. The van der Waals surface area contributed by atoms with Gasteiger partial charge in [0.1, 0.15) is 4.34 Å². The number of rotatable bonds is 6. The third kappa shape index (κ3) is 4.76. The van der Waals surface area contributed by atoms with Gasteiger partial charge >= 0.3 is 0 Å². The standard InChI is InChI=1S/C20H21Cl2N3O2S2/c1-13-4-2-5-15-17(13)23-20(28-15)25(7-3-6-24-8-10-27-11-9-24)19(26)14-12-16(21)29-18(14)22/h2,4-5,12H,3,6-11H2,1H3. The summed E-state index contributed by atoms with van der Waals surface area (Å²) in [5.41, 5.74) is 2.47. The van der Waals surface area contributed by atoms with Crippen molar-refractivity contribution in [1.29, 1.82) is 0 Å². The molecule has 1 amide bonds. The highest BCUT2D eigenvalue weighted by Crippen LogP contribution is 2.35. The van der Waals surface area contributed by atoms with Crippen LogP contribution in [0.25, 0.3) is 10.2 Å². The van der Waals surface area contributed by atoms with E-state index in [1.807, 2.05) is 25.1 Å². The number of fused-ring (bicyclic) bond motifs is 1. The zero-order valence-corrected chi connectivity index (χ0v) is 19.1. The summed E-state index contributed by atoms with van der Waals surface area (Å²) in [6, 6.07) is 7.73. The number of hydrogen-bond donors (Lipinski definition) is 0. The first kappa shape index (κ1) is 21.0. The SMILES string of the molecule is Cc1cccc2sc(N(CCCN3CCOCC3)C(=O)c3cc(Cl)sc3Cl)nc12. The summed E-state index contributed by atoms with van der Waals surface area (Å²) >= 11 is 15.1. The predicted molar refractivity (Wildman–Crippen MR) is 122 cm³/mol. The Kier molecular flexibility index (Phi) is 6.73. The molecule has 9 heteroatoms. The minimum atomic E-state index is -0.156.